The molecule has 2 aromatic rings. The van der Waals surface area contributed by atoms with Crippen LogP contribution in [0.4, 0.5) is 10.2 Å². The number of hydrogen-bond donors (Lipinski definition) is 1. The molecule has 0 aliphatic carbocycles. The lowest BCUT2D eigenvalue weighted by Gasteiger charge is -2.36. The maximum absolute atomic E-state index is 13.7. The van der Waals surface area contributed by atoms with Gasteiger partial charge in [0.15, 0.2) is 0 Å². The molecule has 1 aromatic carbocycles. The molecule has 30 heavy (non-hydrogen) atoms. The Bertz CT molecular complexity index is 828. The van der Waals surface area contributed by atoms with E-state index in [4.69, 9.17) is 0 Å². The van der Waals surface area contributed by atoms with Crippen molar-refractivity contribution in [1.29, 1.82) is 0 Å². The lowest BCUT2D eigenvalue weighted by Crippen LogP contribution is -2.48. The molecule has 1 unspecified atom stereocenters. The third-order valence-corrected chi connectivity index (χ3v) is 5.84. The molecule has 2 saturated heterocycles. The van der Waals surface area contributed by atoms with E-state index in [2.05, 4.69) is 22.1 Å². The predicted octanol–water partition coefficient (Wildman–Crippen LogP) is 4.09. The highest BCUT2D eigenvalue weighted by Gasteiger charge is 2.29. The van der Waals surface area contributed by atoms with Crippen LogP contribution in [-0.2, 0) is 0 Å². The van der Waals surface area contributed by atoms with Gasteiger partial charge in [-0.3, -0.25) is 4.79 Å². The summed E-state index contributed by atoms with van der Waals surface area (Å²) in [5, 5.41) is 3.31. The number of nitrogens with one attached hydrogen (secondary N) is 1. The summed E-state index contributed by atoms with van der Waals surface area (Å²) in [7, 11) is 0. The van der Waals surface area contributed by atoms with Crippen LogP contribution in [0.2, 0.25) is 0 Å². The molecule has 2 aliphatic rings. The Kier molecular flexibility index (Phi) is 8.89. The van der Waals surface area contributed by atoms with Crippen molar-refractivity contribution >= 4 is 36.5 Å². The van der Waals surface area contributed by atoms with Crippen LogP contribution in [0, 0.1) is 11.7 Å². The molecule has 0 saturated carbocycles. The van der Waals surface area contributed by atoms with Crippen LogP contribution in [0.15, 0.2) is 42.6 Å². The number of nitrogens with zero attached hydrogens (tertiary/aromatic N) is 3. The molecule has 1 amide bonds. The van der Waals surface area contributed by atoms with E-state index in [1.807, 2.05) is 23.1 Å². The highest BCUT2D eigenvalue weighted by atomic mass is 35.5. The molecule has 164 valence electrons. The topological polar surface area (TPSA) is 48.5 Å². The zero-order chi connectivity index (χ0) is 19.5. The predicted molar refractivity (Wildman–Crippen MR) is 122 cm³/mol. The van der Waals surface area contributed by atoms with Crippen molar-refractivity contribution in [2.24, 2.45) is 5.92 Å². The number of hydrogen-bond acceptors (Lipinski definition) is 4. The number of piperazine rings is 1. The van der Waals surface area contributed by atoms with Crippen molar-refractivity contribution in [3.05, 3.63) is 59.5 Å². The molecule has 0 bridgehead atoms. The van der Waals surface area contributed by atoms with Gasteiger partial charge in [0.1, 0.15) is 11.6 Å². The molecule has 0 spiro atoms. The van der Waals surface area contributed by atoms with Gasteiger partial charge in [-0.05, 0) is 48.6 Å². The van der Waals surface area contributed by atoms with Gasteiger partial charge in [-0.25, -0.2) is 9.37 Å². The number of benzene rings is 1. The van der Waals surface area contributed by atoms with E-state index < -0.39 is 0 Å². The summed E-state index contributed by atoms with van der Waals surface area (Å²) in [5.74, 6) is 1.37. The first kappa shape index (κ1) is 24.4. The van der Waals surface area contributed by atoms with Crippen LogP contribution in [-0.4, -0.2) is 48.5 Å². The molecule has 8 heteroatoms. The van der Waals surface area contributed by atoms with E-state index in [1.165, 1.54) is 25.0 Å². The molecule has 1 atom stereocenters. The van der Waals surface area contributed by atoms with Gasteiger partial charge < -0.3 is 15.1 Å². The third-order valence-electron chi connectivity index (χ3n) is 5.84. The molecule has 3 heterocycles. The molecule has 2 fully saturated rings. The highest BCUT2D eigenvalue weighted by molar-refractivity contribution is 5.94. The quantitative estimate of drug-likeness (QED) is 0.758. The van der Waals surface area contributed by atoms with E-state index in [9.17, 15) is 9.18 Å². The van der Waals surface area contributed by atoms with E-state index in [1.54, 1.807) is 12.3 Å². The first-order valence-corrected chi connectivity index (χ1v) is 10.1. The summed E-state index contributed by atoms with van der Waals surface area (Å²) < 4.78 is 13.7. The molecule has 1 aromatic heterocycles. The van der Waals surface area contributed by atoms with Crippen molar-refractivity contribution < 1.29 is 9.18 Å². The summed E-state index contributed by atoms with van der Waals surface area (Å²) in [6.45, 7) is 6.25. The Morgan fingerprint density at radius 1 is 1.13 bits per heavy atom. The van der Waals surface area contributed by atoms with E-state index >= 15 is 0 Å². The van der Waals surface area contributed by atoms with Crippen LogP contribution < -0.4 is 10.2 Å². The van der Waals surface area contributed by atoms with Gasteiger partial charge in [0, 0.05) is 38.9 Å². The summed E-state index contributed by atoms with van der Waals surface area (Å²) in [5.41, 5.74) is 1.39. The smallest absolute Gasteiger partial charge is 0.256 e. The van der Waals surface area contributed by atoms with Gasteiger partial charge in [0.05, 0.1) is 11.6 Å². The minimum atomic E-state index is -0.280. The number of anilines is 1. The zero-order valence-electron chi connectivity index (χ0n) is 17.1. The van der Waals surface area contributed by atoms with E-state index in [0.29, 0.717) is 18.7 Å². The summed E-state index contributed by atoms with van der Waals surface area (Å²) in [6, 6.07) is 10.1. The largest absolute Gasteiger partial charge is 0.357 e. The van der Waals surface area contributed by atoms with Crippen LogP contribution in [0.5, 0.6) is 0 Å². The fraction of sp³-hybridized carbons (Fsp3) is 0.455. The van der Waals surface area contributed by atoms with Gasteiger partial charge in [0.2, 0.25) is 0 Å². The Labute approximate surface area is 189 Å². The Hall–Kier alpha value is -1.89. The van der Waals surface area contributed by atoms with Crippen LogP contribution in [0.3, 0.4) is 0 Å². The average molecular weight is 455 g/mol. The number of aromatic nitrogens is 1. The van der Waals surface area contributed by atoms with E-state index in [0.717, 1.165) is 36.9 Å². The van der Waals surface area contributed by atoms with E-state index in [-0.39, 0.29) is 42.6 Å². The average Bonchev–Trinajstić information content (AvgIpc) is 2.74. The fourth-order valence-corrected chi connectivity index (χ4v) is 4.06. The number of carbonyl (C=O) groups is 1. The second kappa shape index (κ2) is 10.9. The number of piperidine rings is 1. The minimum absolute atomic E-state index is 0. The van der Waals surface area contributed by atoms with Crippen molar-refractivity contribution in [3.63, 3.8) is 0 Å². The molecule has 0 radical (unpaired) electrons. The van der Waals surface area contributed by atoms with Crippen molar-refractivity contribution in [2.45, 2.75) is 25.8 Å². The molecular weight excluding hydrogens is 426 g/mol. The van der Waals surface area contributed by atoms with Gasteiger partial charge >= 0.3 is 0 Å². The van der Waals surface area contributed by atoms with Gasteiger partial charge in [0.25, 0.3) is 5.91 Å². The summed E-state index contributed by atoms with van der Waals surface area (Å²) in [4.78, 5) is 21.8. The Morgan fingerprint density at radius 3 is 2.57 bits per heavy atom. The van der Waals surface area contributed by atoms with Gasteiger partial charge in [-0.15, -0.1) is 24.8 Å². The van der Waals surface area contributed by atoms with Crippen LogP contribution >= 0.6 is 24.8 Å². The van der Waals surface area contributed by atoms with Crippen LogP contribution in [0.25, 0.3) is 0 Å². The maximum atomic E-state index is 13.7. The molecule has 1 N–H and O–H groups in total. The lowest BCUT2D eigenvalue weighted by atomic mass is 9.99. The minimum Gasteiger partial charge on any atom is -0.357 e. The SMILES string of the molecule is CC1CCN(c2ccc(C(=O)N3CCNCC3c3cccc(F)c3)cn2)CC1.Cl.Cl. The fourth-order valence-electron chi connectivity index (χ4n) is 4.06. The summed E-state index contributed by atoms with van der Waals surface area (Å²) >= 11 is 0. The Morgan fingerprint density at radius 2 is 1.90 bits per heavy atom. The summed E-state index contributed by atoms with van der Waals surface area (Å²) in [6.07, 6.45) is 4.04. The monoisotopic (exact) mass is 454 g/mol. The van der Waals surface area contributed by atoms with Crippen LogP contribution in [0.1, 0.15) is 41.7 Å². The number of amides is 1. The standard InChI is InChI=1S/C22H27FN4O.2ClH/c1-16-7-10-26(11-8-16)21-6-5-18(14-25-21)22(28)27-12-9-24-15-20(27)17-3-2-4-19(23)13-17;;/h2-6,13-14,16,20,24H,7-12,15H2,1H3;2*1H. The number of rotatable bonds is 3. The first-order valence-electron chi connectivity index (χ1n) is 10.1. The first-order chi connectivity index (χ1) is 13.6. The van der Waals surface area contributed by atoms with Crippen molar-refractivity contribution in [3.8, 4) is 0 Å². The Balaban J connectivity index is 0.00000160. The molecular formula is C22H29Cl2FN4O. The van der Waals surface area contributed by atoms with Crippen molar-refractivity contribution in [1.82, 2.24) is 15.2 Å². The highest BCUT2D eigenvalue weighted by Crippen LogP contribution is 2.26. The number of pyridine rings is 1. The number of carbonyl (C=O) groups excluding carboxylic acids is 1. The van der Waals surface area contributed by atoms with Gasteiger partial charge in [-0.1, -0.05) is 19.1 Å². The molecule has 2 aliphatic heterocycles. The molecule has 4 rings (SSSR count). The van der Waals surface area contributed by atoms with Crippen molar-refractivity contribution in [2.75, 3.05) is 37.6 Å². The third kappa shape index (κ3) is 5.42. The number of halogens is 3. The zero-order valence-corrected chi connectivity index (χ0v) is 18.7. The second-order valence-electron chi connectivity index (χ2n) is 7.85. The maximum Gasteiger partial charge on any atom is 0.256 e. The second-order valence-corrected chi connectivity index (χ2v) is 7.85. The van der Waals surface area contributed by atoms with Gasteiger partial charge in [-0.2, -0.15) is 0 Å². The lowest BCUT2D eigenvalue weighted by molar-refractivity contribution is 0.0633. The normalized spacial score (nSPS) is 19.6. The molecule has 5 nitrogen and oxygen atoms in total.